The molecule has 3 heteroatoms. The maximum absolute atomic E-state index is 5.43. The molecule has 0 saturated heterocycles. The lowest BCUT2D eigenvalue weighted by molar-refractivity contribution is 0.298. The van der Waals surface area contributed by atoms with Crippen LogP contribution in [0.1, 0.15) is 12.0 Å². The van der Waals surface area contributed by atoms with Crippen LogP contribution in [-0.4, -0.2) is 6.61 Å². The van der Waals surface area contributed by atoms with Gasteiger partial charge in [-0.25, -0.2) is 0 Å². The number of hydrogen-bond donors (Lipinski definition) is 0. The summed E-state index contributed by atoms with van der Waals surface area (Å²) in [7, 11) is 0. The fourth-order valence-corrected chi connectivity index (χ4v) is 2.63. The smallest absolute Gasteiger partial charge is 0.178 e. The zero-order valence-electron chi connectivity index (χ0n) is 5.39. The van der Waals surface area contributed by atoms with E-state index in [1.54, 1.807) is 11.3 Å². The zero-order valence-corrected chi connectivity index (χ0v) is 7.80. The van der Waals surface area contributed by atoms with E-state index in [-0.39, 0.29) is 0 Å². The summed E-state index contributed by atoms with van der Waals surface area (Å²) in [5.41, 5.74) is 1.36. The summed E-state index contributed by atoms with van der Waals surface area (Å²) in [6, 6.07) is 2.15. The zero-order chi connectivity index (χ0) is 6.97. The van der Waals surface area contributed by atoms with Crippen molar-refractivity contribution in [1.29, 1.82) is 0 Å². The molecular weight excluding hydrogens is 212 g/mol. The van der Waals surface area contributed by atoms with Gasteiger partial charge in [0.05, 0.1) is 10.4 Å². The van der Waals surface area contributed by atoms with Crippen LogP contribution < -0.4 is 4.74 Å². The summed E-state index contributed by atoms with van der Waals surface area (Å²) >= 11 is 5.12. The minimum atomic E-state index is 0.889. The van der Waals surface area contributed by atoms with Crippen LogP contribution in [0.15, 0.2) is 9.85 Å². The van der Waals surface area contributed by atoms with E-state index in [9.17, 15) is 0 Å². The first-order valence-electron chi connectivity index (χ1n) is 3.27. The topological polar surface area (TPSA) is 9.23 Å². The van der Waals surface area contributed by atoms with E-state index in [1.807, 2.05) is 0 Å². The average molecular weight is 219 g/mol. The Bertz CT molecular complexity index is 220. The molecular formula is C7H7BrOS. The van der Waals surface area contributed by atoms with Gasteiger partial charge in [0.15, 0.2) is 5.06 Å². The Kier molecular flexibility index (Phi) is 1.70. The minimum absolute atomic E-state index is 0.889. The van der Waals surface area contributed by atoms with E-state index < -0.39 is 0 Å². The highest BCUT2D eigenvalue weighted by molar-refractivity contribution is 9.11. The quantitative estimate of drug-likeness (QED) is 0.651. The molecule has 1 aromatic rings. The molecule has 0 amide bonds. The van der Waals surface area contributed by atoms with Crippen LogP contribution in [0.2, 0.25) is 0 Å². The fourth-order valence-electron chi connectivity index (χ4n) is 1.10. The third-order valence-corrected chi connectivity index (χ3v) is 3.16. The highest BCUT2D eigenvalue weighted by atomic mass is 79.9. The van der Waals surface area contributed by atoms with E-state index in [0.29, 0.717) is 0 Å². The molecule has 0 aliphatic carbocycles. The Morgan fingerprint density at radius 3 is 3.30 bits per heavy atom. The van der Waals surface area contributed by atoms with Crippen molar-refractivity contribution >= 4 is 27.3 Å². The van der Waals surface area contributed by atoms with Crippen LogP contribution in [0.25, 0.3) is 0 Å². The van der Waals surface area contributed by atoms with Crippen LogP contribution in [0.5, 0.6) is 5.06 Å². The lowest BCUT2D eigenvalue weighted by atomic mass is 10.2. The third-order valence-electron chi connectivity index (χ3n) is 1.56. The largest absolute Gasteiger partial charge is 0.484 e. The van der Waals surface area contributed by atoms with Gasteiger partial charge in [-0.15, -0.1) is 0 Å². The normalized spacial score (nSPS) is 16.1. The van der Waals surface area contributed by atoms with Gasteiger partial charge in [-0.05, 0) is 34.8 Å². The summed E-state index contributed by atoms with van der Waals surface area (Å²) in [5.74, 6) is 0. The van der Waals surface area contributed by atoms with E-state index in [1.165, 1.54) is 15.8 Å². The van der Waals surface area contributed by atoms with Crippen molar-refractivity contribution in [3.05, 3.63) is 15.4 Å². The minimum Gasteiger partial charge on any atom is -0.484 e. The van der Waals surface area contributed by atoms with Gasteiger partial charge in [-0.2, -0.15) is 0 Å². The SMILES string of the molecule is Brc1cc2c(s1)OCCC2. The van der Waals surface area contributed by atoms with Crippen molar-refractivity contribution in [1.82, 2.24) is 0 Å². The fraction of sp³-hybridized carbons (Fsp3) is 0.429. The van der Waals surface area contributed by atoms with Crippen molar-refractivity contribution in [2.24, 2.45) is 0 Å². The highest BCUT2D eigenvalue weighted by Crippen LogP contribution is 2.36. The van der Waals surface area contributed by atoms with Crippen molar-refractivity contribution in [2.45, 2.75) is 12.8 Å². The van der Waals surface area contributed by atoms with Gasteiger partial charge in [-0.1, -0.05) is 11.3 Å². The van der Waals surface area contributed by atoms with Gasteiger partial charge in [0.1, 0.15) is 0 Å². The van der Waals surface area contributed by atoms with Gasteiger partial charge in [-0.3, -0.25) is 0 Å². The predicted octanol–water partition coefficient (Wildman–Crippen LogP) is 2.84. The lowest BCUT2D eigenvalue weighted by Gasteiger charge is -2.11. The van der Waals surface area contributed by atoms with Gasteiger partial charge in [0.25, 0.3) is 0 Å². The Hall–Kier alpha value is -0.0200. The number of fused-ring (bicyclic) bond motifs is 1. The lowest BCUT2D eigenvalue weighted by Crippen LogP contribution is -2.04. The molecule has 1 aromatic heterocycles. The number of aryl methyl sites for hydroxylation is 1. The van der Waals surface area contributed by atoms with Crippen LogP contribution >= 0.6 is 27.3 Å². The molecule has 0 atom stereocenters. The molecule has 1 aliphatic rings. The van der Waals surface area contributed by atoms with E-state index in [0.717, 1.165) is 18.1 Å². The van der Waals surface area contributed by atoms with Crippen LogP contribution in [0.4, 0.5) is 0 Å². The van der Waals surface area contributed by atoms with Crippen molar-refractivity contribution in [3.63, 3.8) is 0 Å². The number of rotatable bonds is 0. The summed E-state index contributed by atoms with van der Waals surface area (Å²) < 4.78 is 6.61. The second kappa shape index (κ2) is 2.55. The van der Waals surface area contributed by atoms with Gasteiger partial charge in [0.2, 0.25) is 0 Å². The Labute approximate surface area is 72.1 Å². The molecule has 10 heavy (non-hydrogen) atoms. The standard InChI is InChI=1S/C7H7BrOS/c8-6-4-5-2-1-3-9-7(5)10-6/h4H,1-3H2. The molecule has 0 spiro atoms. The molecule has 2 heterocycles. The first-order valence-corrected chi connectivity index (χ1v) is 4.88. The molecule has 0 bridgehead atoms. The summed E-state index contributed by atoms with van der Waals surface area (Å²) in [5, 5.41) is 1.11. The second-order valence-corrected chi connectivity index (χ2v) is 4.71. The summed E-state index contributed by atoms with van der Waals surface area (Å²) in [6.07, 6.45) is 2.34. The molecule has 0 unspecified atom stereocenters. The summed E-state index contributed by atoms with van der Waals surface area (Å²) in [6.45, 7) is 0.889. The van der Waals surface area contributed by atoms with Crippen LogP contribution in [-0.2, 0) is 6.42 Å². The molecule has 1 nitrogen and oxygen atoms in total. The number of thiophene rings is 1. The monoisotopic (exact) mass is 218 g/mol. The molecule has 0 radical (unpaired) electrons. The Morgan fingerprint density at radius 1 is 1.60 bits per heavy atom. The van der Waals surface area contributed by atoms with E-state index in [2.05, 4.69) is 22.0 Å². The Morgan fingerprint density at radius 2 is 2.50 bits per heavy atom. The number of halogens is 1. The van der Waals surface area contributed by atoms with Crippen LogP contribution in [0, 0.1) is 0 Å². The average Bonchev–Trinajstić information content (AvgIpc) is 2.27. The third kappa shape index (κ3) is 1.08. The predicted molar refractivity (Wildman–Crippen MR) is 45.8 cm³/mol. The first-order chi connectivity index (χ1) is 4.86. The van der Waals surface area contributed by atoms with Crippen molar-refractivity contribution in [2.75, 3.05) is 6.61 Å². The van der Waals surface area contributed by atoms with Gasteiger partial charge in [0, 0.05) is 5.56 Å². The molecule has 54 valence electrons. The molecule has 0 saturated carbocycles. The molecule has 2 rings (SSSR count). The Balaban J connectivity index is 2.41. The van der Waals surface area contributed by atoms with Crippen LogP contribution in [0.3, 0.4) is 0 Å². The van der Waals surface area contributed by atoms with Crippen molar-refractivity contribution in [3.8, 4) is 5.06 Å². The molecule has 0 aromatic carbocycles. The maximum Gasteiger partial charge on any atom is 0.178 e. The van der Waals surface area contributed by atoms with Crippen molar-refractivity contribution < 1.29 is 4.74 Å². The second-order valence-electron chi connectivity index (χ2n) is 2.32. The molecule has 1 aliphatic heterocycles. The van der Waals surface area contributed by atoms with E-state index >= 15 is 0 Å². The molecule has 0 fully saturated rings. The van der Waals surface area contributed by atoms with E-state index in [4.69, 9.17) is 4.74 Å². The first kappa shape index (κ1) is 6.68. The summed E-state index contributed by atoms with van der Waals surface area (Å²) in [4.78, 5) is 0. The molecule has 0 N–H and O–H groups in total. The number of ether oxygens (including phenoxy) is 1. The van der Waals surface area contributed by atoms with Gasteiger partial charge < -0.3 is 4.74 Å². The number of hydrogen-bond acceptors (Lipinski definition) is 2. The highest BCUT2D eigenvalue weighted by Gasteiger charge is 2.12. The van der Waals surface area contributed by atoms with Gasteiger partial charge >= 0.3 is 0 Å². The maximum atomic E-state index is 5.43.